The Morgan fingerprint density at radius 1 is 1.43 bits per heavy atom. The van der Waals surface area contributed by atoms with E-state index >= 15 is 0 Å². The van der Waals surface area contributed by atoms with Crippen LogP contribution in [-0.4, -0.2) is 40.9 Å². The lowest BCUT2D eigenvalue weighted by Gasteiger charge is -2.22. The van der Waals surface area contributed by atoms with Crippen molar-refractivity contribution in [1.29, 1.82) is 0 Å². The van der Waals surface area contributed by atoms with Crippen molar-refractivity contribution < 1.29 is 18.3 Å². The maximum atomic E-state index is 12.9. The molecule has 2 rings (SSSR count). The van der Waals surface area contributed by atoms with Gasteiger partial charge in [0.1, 0.15) is 20.0 Å². The van der Waals surface area contributed by atoms with Gasteiger partial charge in [-0.05, 0) is 43.4 Å². The highest BCUT2D eigenvalue weighted by atomic mass is 127. The van der Waals surface area contributed by atoms with E-state index in [0.717, 1.165) is 3.70 Å². The molecule has 6 nitrogen and oxygen atoms in total. The number of rotatable bonds is 5. The van der Waals surface area contributed by atoms with Crippen molar-refractivity contribution in [3.63, 3.8) is 0 Å². The van der Waals surface area contributed by atoms with E-state index in [1.165, 1.54) is 0 Å². The van der Waals surface area contributed by atoms with E-state index in [2.05, 4.69) is 27.6 Å². The predicted octanol–water partition coefficient (Wildman–Crippen LogP) is 2.52. The van der Waals surface area contributed by atoms with Crippen molar-refractivity contribution in [2.45, 2.75) is 37.3 Å². The van der Waals surface area contributed by atoms with Gasteiger partial charge in [-0.2, -0.15) is 0 Å². The molecule has 23 heavy (non-hydrogen) atoms. The summed E-state index contributed by atoms with van der Waals surface area (Å²) >= 11 is 2.10. The van der Waals surface area contributed by atoms with Gasteiger partial charge in [0.15, 0.2) is 9.84 Å². The molecule has 2 heterocycles. The van der Waals surface area contributed by atoms with E-state index in [9.17, 15) is 8.42 Å². The summed E-state index contributed by atoms with van der Waals surface area (Å²) in [5, 5.41) is 9.13. The van der Waals surface area contributed by atoms with Crippen molar-refractivity contribution in [3.05, 3.63) is 22.2 Å². The molecule has 2 aromatic heterocycles. The molecule has 0 radical (unpaired) electrons. The van der Waals surface area contributed by atoms with E-state index in [4.69, 9.17) is 9.84 Å². The highest BCUT2D eigenvalue weighted by Gasteiger charge is 2.34. The fourth-order valence-electron chi connectivity index (χ4n) is 1.89. The molecule has 0 aromatic carbocycles. The summed E-state index contributed by atoms with van der Waals surface area (Å²) in [6, 6.07) is 1.63. The molecule has 0 saturated heterocycles. The van der Waals surface area contributed by atoms with Crippen LogP contribution in [0.25, 0.3) is 5.65 Å². The Bertz CT molecular complexity index is 809. The molecule has 0 aliphatic rings. The van der Waals surface area contributed by atoms with Crippen molar-refractivity contribution in [1.82, 2.24) is 9.38 Å². The Morgan fingerprint density at radius 3 is 2.65 bits per heavy atom. The topological polar surface area (TPSA) is 80.9 Å². The van der Waals surface area contributed by atoms with Crippen LogP contribution in [0.1, 0.15) is 27.7 Å². The average Bonchev–Trinajstić information content (AvgIpc) is 2.83. The van der Waals surface area contributed by atoms with Gasteiger partial charge in [0.25, 0.3) is 0 Å². The zero-order valence-electron chi connectivity index (χ0n) is 13.6. The van der Waals surface area contributed by atoms with Crippen molar-refractivity contribution in [3.8, 4) is 5.75 Å². The molecule has 0 amide bonds. The maximum absolute atomic E-state index is 12.9. The van der Waals surface area contributed by atoms with E-state index in [1.54, 1.807) is 43.6 Å². The van der Waals surface area contributed by atoms with Crippen LogP contribution in [0.4, 0.5) is 0 Å². The molecule has 1 atom stereocenters. The maximum Gasteiger partial charge on any atom is 0.188 e. The third-order valence-corrected chi connectivity index (χ3v) is 6.76. The molecule has 0 bridgehead atoms. The average molecular weight is 452 g/mol. The normalized spacial score (nSPS) is 14.2. The molecule has 1 N–H and O–H groups in total. The SMILES string of the molecule is CC(CO)COc1cc2ncc(I)n2cc1S(=O)(=O)C(C)(C)C. The number of hydrogen-bond acceptors (Lipinski definition) is 5. The van der Waals surface area contributed by atoms with E-state index in [0.29, 0.717) is 5.65 Å². The Hall–Kier alpha value is -0.870. The lowest BCUT2D eigenvalue weighted by Crippen LogP contribution is -2.29. The van der Waals surface area contributed by atoms with Gasteiger partial charge in [-0.1, -0.05) is 6.92 Å². The van der Waals surface area contributed by atoms with Crippen LogP contribution in [0.5, 0.6) is 5.75 Å². The summed E-state index contributed by atoms with van der Waals surface area (Å²) in [7, 11) is -3.59. The standard InChI is InChI=1S/C15H21IN2O4S/c1-10(8-19)9-22-11-5-14-17-6-13(16)18(14)7-12(11)23(20,21)15(2,3)4/h5-7,10,19H,8-9H2,1-4H3. The lowest BCUT2D eigenvalue weighted by molar-refractivity contribution is 0.172. The number of hydrogen-bond donors (Lipinski definition) is 1. The number of ether oxygens (including phenoxy) is 1. The molecule has 0 spiro atoms. The first-order valence-electron chi connectivity index (χ1n) is 7.23. The minimum absolute atomic E-state index is 0.0229. The number of aliphatic hydroxyl groups excluding tert-OH is 1. The Morgan fingerprint density at radius 2 is 2.09 bits per heavy atom. The second-order valence-corrected chi connectivity index (χ2v) is 10.3. The first-order valence-corrected chi connectivity index (χ1v) is 9.79. The number of aromatic nitrogens is 2. The minimum atomic E-state index is -3.59. The molecule has 0 saturated carbocycles. The molecule has 1 unspecified atom stereocenters. The second kappa shape index (κ2) is 6.56. The third-order valence-electron chi connectivity index (χ3n) is 3.46. The number of sulfone groups is 1. The molecule has 0 aliphatic carbocycles. The van der Waals surface area contributed by atoms with Gasteiger partial charge in [0.2, 0.25) is 0 Å². The van der Waals surface area contributed by atoms with Crippen LogP contribution in [0.15, 0.2) is 23.4 Å². The predicted molar refractivity (Wildman–Crippen MR) is 96.6 cm³/mol. The molecule has 8 heteroatoms. The summed E-state index contributed by atoms with van der Waals surface area (Å²) in [5.41, 5.74) is 0.619. The van der Waals surface area contributed by atoms with Gasteiger partial charge in [0.05, 0.1) is 17.6 Å². The Labute approximate surface area is 149 Å². The highest BCUT2D eigenvalue weighted by molar-refractivity contribution is 14.1. The smallest absolute Gasteiger partial charge is 0.188 e. The van der Waals surface area contributed by atoms with Crippen molar-refractivity contribution in [2.75, 3.05) is 13.2 Å². The highest BCUT2D eigenvalue weighted by Crippen LogP contribution is 2.33. The molecular weight excluding hydrogens is 431 g/mol. The van der Waals surface area contributed by atoms with Gasteiger partial charge in [0, 0.05) is 24.8 Å². The number of fused-ring (bicyclic) bond motifs is 1. The van der Waals surface area contributed by atoms with Crippen LogP contribution in [-0.2, 0) is 9.84 Å². The lowest BCUT2D eigenvalue weighted by atomic mass is 10.2. The number of nitrogens with zero attached hydrogens (tertiary/aromatic N) is 2. The fraction of sp³-hybridized carbons (Fsp3) is 0.533. The van der Waals surface area contributed by atoms with Crippen LogP contribution < -0.4 is 4.74 Å². The van der Waals surface area contributed by atoms with Gasteiger partial charge in [-0.25, -0.2) is 13.4 Å². The second-order valence-electron chi connectivity index (χ2n) is 6.53. The summed E-state index contributed by atoms with van der Waals surface area (Å²) in [6.45, 7) is 7.01. The van der Waals surface area contributed by atoms with Gasteiger partial charge in [-0.15, -0.1) is 0 Å². The van der Waals surface area contributed by atoms with E-state index in [-0.39, 0.29) is 29.8 Å². The Kier molecular flexibility index (Phi) is 5.27. The third kappa shape index (κ3) is 3.63. The van der Waals surface area contributed by atoms with E-state index in [1.807, 2.05) is 6.92 Å². The molecular formula is C15H21IN2O4S. The zero-order valence-corrected chi connectivity index (χ0v) is 16.6. The summed E-state index contributed by atoms with van der Waals surface area (Å²) < 4.78 is 33.1. The number of halogens is 1. The monoisotopic (exact) mass is 452 g/mol. The van der Waals surface area contributed by atoms with Gasteiger partial charge < -0.3 is 9.84 Å². The van der Waals surface area contributed by atoms with Gasteiger partial charge >= 0.3 is 0 Å². The first kappa shape index (κ1) is 18.5. The number of pyridine rings is 1. The Balaban J connectivity index is 2.61. The van der Waals surface area contributed by atoms with Gasteiger partial charge in [-0.3, -0.25) is 4.40 Å². The quantitative estimate of drug-likeness (QED) is 0.706. The molecule has 128 valence electrons. The number of aliphatic hydroxyl groups is 1. The van der Waals surface area contributed by atoms with Crippen molar-refractivity contribution >= 4 is 38.1 Å². The molecule has 0 aliphatic heterocycles. The molecule has 2 aromatic rings. The van der Waals surface area contributed by atoms with Crippen LogP contribution in [0.3, 0.4) is 0 Å². The minimum Gasteiger partial charge on any atom is -0.492 e. The zero-order chi connectivity index (χ0) is 17.4. The van der Waals surface area contributed by atoms with Crippen LogP contribution in [0, 0.1) is 9.62 Å². The summed E-state index contributed by atoms with van der Waals surface area (Å²) in [6.07, 6.45) is 3.23. The largest absolute Gasteiger partial charge is 0.492 e. The number of imidazole rings is 1. The first-order chi connectivity index (χ1) is 10.6. The summed E-state index contributed by atoms with van der Waals surface area (Å²) in [4.78, 5) is 4.38. The van der Waals surface area contributed by atoms with Crippen molar-refractivity contribution in [2.24, 2.45) is 5.92 Å². The van der Waals surface area contributed by atoms with E-state index < -0.39 is 14.6 Å². The van der Waals surface area contributed by atoms with Crippen LogP contribution >= 0.6 is 22.6 Å². The molecule has 0 fully saturated rings. The van der Waals surface area contributed by atoms with Crippen LogP contribution in [0.2, 0.25) is 0 Å². The fourth-order valence-corrected chi connectivity index (χ4v) is 3.70. The summed E-state index contributed by atoms with van der Waals surface area (Å²) in [5.74, 6) is 0.186.